The van der Waals surface area contributed by atoms with E-state index in [0.717, 1.165) is 13.1 Å². The first-order chi connectivity index (χ1) is 9.94. The molecule has 21 heavy (non-hydrogen) atoms. The Bertz CT molecular complexity index is 416. The lowest BCUT2D eigenvalue weighted by atomic mass is 9.96. The fourth-order valence-electron chi connectivity index (χ4n) is 3.38. The first-order valence-electron chi connectivity index (χ1n) is 8.40. The second kappa shape index (κ2) is 7.42. The van der Waals surface area contributed by atoms with Gasteiger partial charge in [-0.2, -0.15) is 0 Å². The molecule has 0 radical (unpaired) electrons. The smallest absolute Gasteiger partial charge is 0.0678 e. The molecule has 0 spiro atoms. The van der Waals surface area contributed by atoms with Gasteiger partial charge in [-0.15, -0.1) is 0 Å². The SMILES string of the molecule is CC(C)c1ccc(C[C@@H](C)CN2C[C@@H](C)O[C@@H](C)C2)cc1. The van der Waals surface area contributed by atoms with E-state index >= 15 is 0 Å². The predicted molar refractivity (Wildman–Crippen MR) is 89.8 cm³/mol. The summed E-state index contributed by atoms with van der Waals surface area (Å²) in [6.07, 6.45) is 1.90. The molecule has 1 aliphatic rings. The molecule has 0 aromatic heterocycles. The van der Waals surface area contributed by atoms with Gasteiger partial charge in [-0.05, 0) is 43.2 Å². The fraction of sp³-hybridized carbons (Fsp3) is 0.684. The average Bonchev–Trinajstić information content (AvgIpc) is 2.37. The van der Waals surface area contributed by atoms with Crippen molar-refractivity contribution in [1.82, 2.24) is 4.90 Å². The van der Waals surface area contributed by atoms with Crippen molar-refractivity contribution in [2.45, 2.75) is 59.2 Å². The van der Waals surface area contributed by atoms with Crippen LogP contribution in [0.5, 0.6) is 0 Å². The van der Waals surface area contributed by atoms with E-state index in [4.69, 9.17) is 4.74 Å². The molecule has 0 N–H and O–H groups in total. The lowest BCUT2D eigenvalue weighted by molar-refractivity contribution is -0.0708. The van der Waals surface area contributed by atoms with Crippen molar-refractivity contribution in [3.8, 4) is 0 Å². The maximum atomic E-state index is 5.81. The second-order valence-corrected chi connectivity index (χ2v) is 7.18. The summed E-state index contributed by atoms with van der Waals surface area (Å²) in [6.45, 7) is 14.5. The van der Waals surface area contributed by atoms with Crippen molar-refractivity contribution >= 4 is 0 Å². The molecule has 1 saturated heterocycles. The van der Waals surface area contributed by atoms with E-state index in [-0.39, 0.29) is 0 Å². The summed E-state index contributed by atoms with van der Waals surface area (Å²) in [5, 5.41) is 0. The number of nitrogens with zero attached hydrogens (tertiary/aromatic N) is 1. The minimum atomic E-state index is 0.367. The van der Waals surface area contributed by atoms with Crippen molar-refractivity contribution in [2.75, 3.05) is 19.6 Å². The summed E-state index contributed by atoms with van der Waals surface area (Å²) in [7, 11) is 0. The van der Waals surface area contributed by atoms with Gasteiger partial charge >= 0.3 is 0 Å². The molecule has 0 saturated carbocycles. The van der Waals surface area contributed by atoms with Crippen molar-refractivity contribution in [1.29, 1.82) is 0 Å². The van der Waals surface area contributed by atoms with Crippen LogP contribution in [0.25, 0.3) is 0 Å². The van der Waals surface area contributed by atoms with Gasteiger partial charge in [0.2, 0.25) is 0 Å². The first-order valence-corrected chi connectivity index (χ1v) is 8.40. The number of morpholine rings is 1. The third-order valence-corrected chi connectivity index (χ3v) is 4.30. The molecule has 118 valence electrons. The van der Waals surface area contributed by atoms with Gasteiger partial charge in [-0.3, -0.25) is 4.90 Å². The molecule has 1 heterocycles. The summed E-state index contributed by atoms with van der Waals surface area (Å²) in [6, 6.07) is 9.17. The lowest BCUT2D eigenvalue weighted by Crippen LogP contribution is -2.47. The van der Waals surface area contributed by atoms with Crippen molar-refractivity contribution in [3.05, 3.63) is 35.4 Å². The highest BCUT2D eigenvalue weighted by Crippen LogP contribution is 2.18. The molecular formula is C19H31NO. The highest BCUT2D eigenvalue weighted by Gasteiger charge is 2.23. The van der Waals surface area contributed by atoms with Crippen LogP contribution in [-0.2, 0) is 11.2 Å². The number of benzene rings is 1. The van der Waals surface area contributed by atoms with Crippen LogP contribution < -0.4 is 0 Å². The Hall–Kier alpha value is -0.860. The number of hydrogen-bond donors (Lipinski definition) is 0. The Labute approximate surface area is 130 Å². The van der Waals surface area contributed by atoms with E-state index in [1.165, 1.54) is 24.1 Å². The van der Waals surface area contributed by atoms with E-state index in [1.54, 1.807) is 0 Å². The van der Waals surface area contributed by atoms with Crippen LogP contribution in [0.1, 0.15) is 51.7 Å². The van der Waals surface area contributed by atoms with Gasteiger partial charge in [0.05, 0.1) is 12.2 Å². The molecule has 1 aromatic rings. The molecule has 0 amide bonds. The summed E-state index contributed by atoms with van der Waals surface area (Å²) in [5.74, 6) is 1.31. The summed E-state index contributed by atoms with van der Waals surface area (Å²) >= 11 is 0. The highest BCUT2D eigenvalue weighted by molar-refractivity contribution is 5.24. The molecule has 2 rings (SSSR count). The first kappa shape index (κ1) is 16.5. The third kappa shape index (κ3) is 5.12. The van der Waals surface area contributed by atoms with Crippen LogP contribution in [0, 0.1) is 5.92 Å². The summed E-state index contributed by atoms with van der Waals surface area (Å²) < 4.78 is 5.81. The van der Waals surface area contributed by atoms with Gasteiger partial charge in [0.15, 0.2) is 0 Å². The molecule has 1 aromatic carbocycles. The predicted octanol–water partition coefficient (Wildman–Crippen LogP) is 4.10. The normalized spacial score (nSPS) is 25.2. The van der Waals surface area contributed by atoms with Gasteiger partial charge in [0.25, 0.3) is 0 Å². The van der Waals surface area contributed by atoms with E-state index in [0.29, 0.717) is 24.0 Å². The average molecular weight is 289 g/mol. The van der Waals surface area contributed by atoms with E-state index < -0.39 is 0 Å². The Kier molecular flexibility index (Phi) is 5.83. The van der Waals surface area contributed by atoms with E-state index in [1.807, 2.05) is 0 Å². The van der Waals surface area contributed by atoms with Crippen LogP contribution in [0.4, 0.5) is 0 Å². The highest BCUT2D eigenvalue weighted by atomic mass is 16.5. The fourth-order valence-corrected chi connectivity index (χ4v) is 3.38. The molecule has 0 aliphatic carbocycles. The maximum absolute atomic E-state index is 5.81. The van der Waals surface area contributed by atoms with Crippen molar-refractivity contribution in [2.24, 2.45) is 5.92 Å². The standard InChI is InChI=1S/C19H31NO/c1-14(2)19-8-6-18(7-9-19)10-15(3)11-20-12-16(4)21-17(5)13-20/h6-9,14-17H,10-13H2,1-5H3/t15-,16-,17+/m1/s1. The maximum Gasteiger partial charge on any atom is 0.0678 e. The quantitative estimate of drug-likeness (QED) is 0.809. The minimum Gasteiger partial charge on any atom is -0.373 e. The van der Waals surface area contributed by atoms with Gasteiger partial charge in [-0.25, -0.2) is 0 Å². The molecule has 1 aliphatic heterocycles. The van der Waals surface area contributed by atoms with Crippen molar-refractivity contribution in [3.63, 3.8) is 0 Å². The topological polar surface area (TPSA) is 12.5 Å². The van der Waals surface area contributed by atoms with E-state index in [2.05, 4.69) is 63.8 Å². The molecule has 3 atom stereocenters. The Morgan fingerprint density at radius 1 is 1.05 bits per heavy atom. The molecule has 2 heteroatoms. The van der Waals surface area contributed by atoms with Gasteiger partial charge in [0.1, 0.15) is 0 Å². The van der Waals surface area contributed by atoms with Crippen LogP contribution in [-0.4, -0.2) is 36.7 Å². The Morgan fingerprint density at radius 2 is 1.62 bits per heavy atom. The second-order valence-electron chi connectivity index (χ2n) is 7.18. The molecule has 0 bridgehead atoms. The Balaban J connectivity index is 1.85. The van der Waals surface area contributed by atoms with Gasteiger partial charge in [-0.1, -0.05) is 45.0 Å². The third-order valence-electron chi connectivity index (χ3n) is 4.30. The number of ether oxygens (including phenoxy) is 1. The number of rotatable bonds is 5. The number of hydrogen-bond acceptors (Lipinski definition) is 2. The molecular weight excluding hydrogens is 258 g/mol. The van der Waals surface area contributed by atoms with E-state index in [9.17, 15) is 0 Å². The van der Waals surface area contributed by atoms with Crippen LogP contribution in [0.15, 0.2) is 24.3 Å². The summed E-state index contributed by atoms with van der Waals surface area (Å²) in [5.41, 5.74) is 2.89. The zero-order chi connectivity index (χ0) is 15.4. The zero-order valence-corrected chi connectivity index (χ0v) is 14.3. The van der Waals surface area contributed by atoms with Gasteiger partial charge in [0, 0.05) is 19.6 Å². The monoisotopic (exact) mass is 289 g/mol. The van der Waals surface area contributed by atoms with Crippen LogP contribution >= 0.6 is 0 Å². The van der Waals surface area contributed by atoms with Crippen LogP contribution in [0.3, 0.4) is 0 Å². The summed E-state index contributed by atoms with van der Waals surface area (Å²) in [4.78, 5) is 2.56. The molecule has 0 unspecified atom stereocenters. The van der Waals surface area contributed by atoms with Crippen molar-refractivity contribution < 1.29 is 4.74 Å². The lowest BCUT2D eigenvalue weighted by Gasteiger charge is -2.36. The zero-order valence-electron chi connectivity index (χ0n) is 14.3. The molecule has 2 nitrogen and oxygen atoms in total. The Morgan fingerprint density at radius 3 is 2.14 bits per heavy atom. The largest absolute Gasteiger partial charge is 0.373 e. The molecule has 1 fully saturated rings. The minimum absolute atomic E-state index is 0.367. The van der Waals surface area contributed by atoms with Gasteiger partial charge < -0.3 is 4.74 Å². The van der Waals surface area contributed by atoms with Crippen LogP contribution in [0.2, 0.25) is 0 Å².